The Morgan fingerprint density at radius 3 is 2.58 bits per heavy atom. The first-order valence-electron chi connectivity index (χ1n) is 9.61. The maximum absolute atomic E-state index is 9.65. The fourth-order valence-corrected chi connectivity index (χ4v) is 3.56. The van der Waals surface area contributed by atoms with Crippen molar-refractivity contribution >= 4 is 45.5 Å². The molecule has 0 atom stereocenters. The lowest BCUT2D eigenvalue weighted by Crippen LogP contribution is -2.11. The number of anilines is 2. The summed E-state index contributed by atoms with van der Waals surface area (Å²) in [6.45, 7) is 2.90. The van der Waals surface area contributed by atoms with Crippen molar-refractivity contribution in [3.63, 3.8) is 0 Å². The summed E-state index contributed by atoms with van der Waals surface area (Å²) >= 11 is 12.5. The van der Waals surface area contributed by atoms with Gasteiger partial charge in [-0.15, -0.1) is 0 Å². The number of halogens is 2. The molecule has 1 N–H and O–H groups in total. The number of ether oxygens (including phenoxy) is 1. The summed E-state index contributed by atoms with van der Waals surface area (Å²) in [5.41, 5.74) is 4.26. The predicted octanol–water partition coefficient (Wildman–Crippen LogP) is 5.78. The first kappa shape index (κ1) is 22.7. The van der Waals surface area contributed by atoms with E-state index < -0.39 is 0 Å². The van der Waals surface area contributed by atoms with Gasteiger partial charge >= 0.3 is 0 Å². The smallest absolute Gasteiger partial charge is 0.139 e. The highest BCUT2D eigenvalue weighted by Crippen LogP contribution is 2.38. The maximum Gasteiger partial charge on any atom is 0.139 e. The van der Waals surface area contributed by atoms with Gasteiger partial charge in [0.1, 0.15) is 11.8 Å². The van der Waals surface area contributed by atoms with E-state index in [1.807, 2.05) is 33.2 Å². The molecule has 0 aliphatic rings. The minimum Gasteiger partial charge on any atom is -0.495 e. The fraction of sp³-hybridized carbons (Fsp3) is 0.250. The summed E-state index contributed by atoms with van der Waals surface area (Å²) in [5.74, 6) is 6.93. The number of nitrogens with zero attached hydrogens (tertiary/aromatic N) is 3. The van der Waals surface area contributed by atoms with Crippen molar-refractivity contribution in [3.05, 3.63) is 57.2 Å². The Kier molecular flexibility index (Phi) is 7.25. The summed E-state index contributed by atoms with van der Waals surface area (Å²) in [7, 11) is 5.58. The highest BCUT2D eigenvalue weighted by Gasteiger charge is 2.14. The predicted molar refractivity (Wildman–Crippen MR) is 128 cm³/mol. The van der Waals surface area contributed by atoms with E-state index in [9.17, 15) is 5.26 Å². The molecule has 7 heteroatoms. The van der Waals surface area contributed by atoms with Gasteiger partial charge in [0.15, 0.2) is 0 Å². The molecule has 0 aliphatic carbocycles. The number of aromatic nitrogens is 1. The van der Waals surface area contributed by atoms with Gasteiger partial charge in [0.2, 0.25) is 0 Å². The number of hydrogen-bond acceptors (Lipinski definition) is 5. The molecular formula is C24H22Cl2N4O. The summed E-state index contributed by atoms with van der Waals surface area (Å²) in [6, 6.07) is 9.44. The van der Waals surface area contributed by atoms with Crippen LogP contribution in [-0.2, 0) is 0 Å². The Morgan fingerprint density at radius 2 is 1.90 bits per heavy atom. The van der Waals surface area contributed by atoms with E-state index in [4.69, 9.17) is 27.9 Å². The zero-order chi connectivity index (χ0) is 22.5. The highest BCUT2D eigenvalue weighted by atomic mass is 35.5. The molecule has 158 valence electrons. The number of benzene rings is 2. The van der Waals surface area contributed by atoms with Crippen LogP contribution in [0.4, 0.5) is 11.4 Å². The van der Waals surface area contributed by atoms with Crippen molar-refractivity contribution in [1.82, 2.24) is 9.88 Å². The van der Waals surface area contributed by atoms with Crippen molar-refractivity contribution in [1.29, 1.82) is 5.26 Å². The summed E-state index contributed by atoms with van der Waals surface area (Å²) in [6.07, 6.45) is 2.33. The first-order valence-corrected chi connectivity index (χ1v) is 10.4. The van der Waals surface area contributed by atoms with Gasteiger partial charge in [0, 0.05) is 36.2 Å². The third kappa shape index (κ3) is 5.21. The van der Waals surface area contributed by atoms with Gasteiger partial charge in [-0.25, -0.2) is 0 Å². The Labute approximate surface area is 192 Å². The molecule has 3 aromatic rings. The molecule has 1 heterocycles. The minimum absolute atomic E-state index is 0.404. The van der Waals surface area contributed by atoms with Gasteiger partial charge in [-0.1, -0.05) is 35.0 Å². The first-order chi connectivity index (χ1) is 14.8. The second-order valence-electron chi connectivity index (χ2n) is 7.29. The van der Waals surface area contributed by atoms with E-state index in [2.05, 4.69) is 33.1 Å². The number of hydrogen-bond donors (Lipinski definition) is 1. The number of methoxy groups -OCH3 is 1. The lowest BCUT2D eigenvalue weighted by atomic mass is 10.0. The van der Waals surface area contributed by atoms with Crippen molar-refractivity contribution in [2.45, 2.75) is 13.3 Å². The van der Waals surface area contributed by atoms with Crippen LogP contribution in [0.25, 0.3) is 10.9 Å². The highest BCUT2D eigenvalue weighted by molar-refractivity contribution is 6.37. The molecular weight excluding hydrogens is 431 g/mol. The van der Waals surface area contributed by atoms with Crippen LogP contribution in [0.15, 0.2) is 30.5 Å². The average Bonchev–Trinajstić information content (AvgIpc) is 2.73. The molecule has 0 spiro atoms. The van der Waals surface area contributed by atoms with Crippen LogP contribution in [0.5, 0.6) is 5.75 Å². The minimum atomic E-state index is 0.404. The van der Waals surface area contributed by atoms with Gasteiger partial charge in [-0.05, 0) is 44.8 Å². The van der Waals surface area contributed by atoms with Crippen molar-refractivity contribution in [3.8, 4) is 23.7 Å². The fourth-order valence-electron chi connectivity index (χ4n) is 3.05. The van der Waals surface area contributed by atoms with Crippen LogP contribution in [0.1, 0.15) is 23.1 Å². The normalized spacial score (nSPS) is 10.5. The standard InChI is InChI=1S/C24H22Cl2N4O/c1-15-9-18-21(10-16(15)7-5-6-8-30(2)3)28-14-17(13-27)24(18)29-22-12-23(31-4)20(26)11-19(22)25/h9-12,14H,6,8H2,1-4H3,(H,28,29). The molecule has 0 aliphatic heterocycles. The summed E-state index contributed by atoms with van der Waals surface area (Å²) < 4.78 is 5.29. The summed E-state index contributed by atoms with van der Waals surface area (Å²) in [5, 5.41) is 14.6. The zero-order valence-corrected chi connectivity index (χ0v) is 19.3. The molecule has 3 rings (SSSR count). The number of nitriles is 1. The van der Waals surface area contributed by atoms with E-state index in [0.29, 0.717) is 32.7 Å². The van der Waals surface area contributed by atoms with Crippen molar-refractivity contribution < 1.29 is 4.74 Å². The van der Waals surface area contributed by atoms with E-state index in [1.165, 1.54) is 7.11 Å². The second kappa shape index (κ2) is 9.90. The molecule has 0 unspecified atom stereocenters. The SMILES string of the molecule is COc1cc(Nc2c(C#N)cnc3cc(C#CCCN(C)C)c(C)cc23)c(Cl)cc1Cl. The Hall–Kier alpha value is -2.96. The number of fused-ring (bicyclic) bond motifs is 1. The topological polar surface area (TPSA) is 61.2 Å². The lowest BCUT2D eigenvalue weighted by Gasteiger charge is -2.15. The lowest BCUT2D eigenvalue weighted by molar-refractivity contribution is 0.415. The molecule has 1 aromatic heterocycles. The largest absolute Gasteiger partial charge is 0.495 e. The number of rotatable bonds is 5. The monoisotopic (exact) mass is 452 g/mol. The molecule has 0 bridgehead atoms. The third-order valence-electron chi connectivity index (χ3n) is 4.74. The van der Waals surface area contributed by atoms with Crippen LogP contribution >= 0.6 is 23.2 Å². The number of nitrogens with one attached hydrogen (secondary N) is 1. The molecule has 2 aromatic carbocycles. The quantitative estimate of drug-likeness (QED) is 0.497. The van der Waals surface area contributed by atoms with Crippen LogP contribution in [0, 0.1) is 30.1 Å². The van der Waals surface area contributed by atoms with Gasteiger partial charge < -0.3 is 15.0 Å². The van der Waals surface area contributed by atoms with Crippen molar-refractivity contribution in [2.24, 2.45) is 0 Å². The molecule has 5 nitrogen and oxygen atoms in total. The second-order valence-corrected chi connectivity index (χ2v) is 8.10. The van der Waals surface area contributed by atoms with E-state index >= 15 is 0 Å². The molecule has 0 amide bonds. The van der Waals surface area contributed by atoms with Crippen molar-refractivity contribution in [2.75, 3.05) is 33.1 Å². The molecule has 31 heavy (non-hydrogen) atoms. The van der Waals surface area contributed by atoms with Crippen LogP contribution in [0.2, 0.25) is 10.0 Å². The molecule has 0 saturated carbocycles. The van der Waals surface area contributed by atoms with E-state index in [0.717, 1.165) is 35.0 Å². The Morgan fingerprint density at radius 1 is 1.13 bits per heavy atom. The number of pyridine rings is 1. The van der Waals surface area contributed by atoms with E-state index in [1.54, 1.807) is 18.3 Å². The molecule has 0 radical (unpaired) electrons. The average molecular weight is 453 g/mol. The van der Waals surface area contributed by atoms with Gasteiger partial charge in [0.25, 0.3) is 0 Å². The molecule has 0 saturated heterocycles. The van der Waals surface area contributed by atoms with E-state index in [-0.39, 0.29) is 0 Å². The molecule has 0 fully saturated rings. The van der Waals surface area contributed by atoms with Crippen LogP contribution < -0.4 is 10.1 Å². The van der Waals surface area contributed by atoms with Gasteiger partial charge in [0.05, 0.1) is 39.6 Å². The van der Waals surface area contributed by atoms with Gasteiger partial charge in [-0.3, -0.25) is 4.98 Å². The maximum atomic E-state index is 9.65. The zero-order valence-electron chi connectivity index (χ0n) is 17.8. The third-order valence-corrected chi connectivity index (χ3v) is 5.35. The summed E-state index contributed by atoms with van der Waals surface area (Å²) in [4.78, 5) is 6.56. The van der Waals surface area contributed by atoms with Crippen LogP contribution in [0.3, 0.4) is 0 Å². The van der Waals surface area contributed by atoms with Crippen LogP contribution in [-0.4, -0.2) is 37.6 Å². The number of aryl methyl sites for hydroxylation is 1. The van der Waals surface area contributed by atoms with Gasteiger partial charge in [-0.2, -0.15) is 5.26 Å². The Balaban J connectivity index is 2.07. The Bertz CT molecular complexity index is 1240.